The van der Waals surface area contributed by atoms with Gasteiger partial charge in [-0.2, -0.15) is 4.99 Å². The number of nitrogens with zero attached hydrogens (tertiary/aromatic N) is 1. The van der Waals surface area contributed by atoms with Gasteiger partial charge in [-0.3, -0.25) is 0 Å². The van der Waals surface area contributed by atoms with E-state index in [1.54, 1.807) is 6.08 Å². The molecule has 0 saturated heterocycles. The van der Waals surface area contributed by atoms with Crippen LogP contribution in [-0.2, 0) is 10.3 Å². The van der Waals surface area contributed by atoms with Crippen molar-refractivity contribution in [2.24, 2.45) is 4.99 Å². The maximum Gasteiger partial charge on any atom is 0.235 e. The molecular weight excluding hydrogens is 226 g/mol. The van der Waals surface area contributed by atoms with E-state index >= 15 is 0 Å². The second-order valence-corrected chi connectivity index (χ2v) is 5.24. The Bertz CT molecular complexity index is 483. The van der Waals surface area contributed by atoms with Crippen molar-refractivity contribution in [3.63, 3.8) is 0 Å². The van der Waals surface area contributed by atoms with E-state index in [4.69, 9.17) is 4.74 Å². The predicted octanol–water partition coefficient (Wildman–Crippen LogP) is 3.50. The molecule has 0 unspecified atom stereocenters. The monoisotopic (exact) mass is 245 g/mol. The van der Waals surface area contributed by atoms with Gasteiger partial charge in [-0.25, -0.2) is 4.79 Å². The Labute approximate surface area is 108 Å². The summed E-state index contributed by atoms with van der Waals surface area (Å²) in [5.74, 6) is 0.901. The third kappa shape index (κ3) is 2.32. The van der Waals surface area contributed by atoms with Crippen LogP contribution in [0.15, 0.2) is 23.2 Å². The van der Waals surface area contributed by atoms with Gasteiger partial charge in [0.05, 0.1) is 11.6 Å². The fraction of sp³-hybridized carbons (Fsp3) is 0.533. The highest BCUT2D eigenvalue weighted by molar-refractivity contribution is 5.43. The second kappa shape index (κ2) is 4.95. The number of hydrogen-bond acceptors (Lipinski definition) is 3. The maximum atomic E-state index is 10.6. The molecule has 18 heavy (non-hydrogen) atoms. The fourth-order valence-electron chi connectivity index (χ4n) is 2.39. The van der Waals surface area contributed by atoms with Crippen molar-refractivity contribution in [1.29, 1.82) is 0 Å². The molecule has 1 aliphatic carbocycles. The molecule has 0 N–H and O–H groups in total. The Morgan fingerprint density at radius 1 is 1.39 bits per heavy atom. The Hall–Kier alpha value is -1.60. The van der Waals surface area contributed by atoms with Crippen molar-refractivity contribution in [3.05, 3.63) is 29.3 Å². The van der Waals surface area contributed by atoms with Crippen LogP contribution in [-0.4, -0.2) is 12.2 Å². The van der Waals surface area contributed by atoms with E-state index in [2.05, 4.69) is 11.1 Å². The van der Waals surface area contributed by atoms with Gasteiger partial charge in [0.2, 0.25) is 6.08 Å². The lowest BCUT2D eigenvalue weighted by Crippen LogP contribution is -2.31. The highest BCUT2D eigenvalue weighted by Gasteiger charge is 2.39. The topological polar surface area (TPSA) is 38.7 Å². The van der Waals surface area contributed by atoms with Crippen LogP contribution in [0, 0.1) is 6.92 Å². The normalized spacial score (nSPS) is 16.9. The van der Waals surface area contributed by atoms with Crippen LogP contribution in [0.3, 0.4) is 0 Å². The van der Waals surface area contributed by atoms with Crippen molar-refractivity contribution in [2.75, 3.05) is 0 Å². The number of aliphatic imine (C=N–C) groups is 1. The van der Waals surface area contributed by atoms with Gasteiger partial charge >= 0.3 is 0 Å². The number of benzene rings is 1. The SMILES string of the molecule is Cc1cc(C2(N=C=O)CCC2)ccc1OC(C)C. The van der Waals surface area contributed by atoms with E-state index in [-0.39, 0.29) is 11.6 Å². The number of isocyanates is 1. The molecule has 3 nitrogen and oxygen atoms in total. The zero-order valence-corrected chi connectivity index (χ0v) is 11.2. The summed E-state index contributed by atoms with van der Waals surface area (Å²) in [7, 11) is 0. The number of ether oxygens (including phenoxy) is 1. The van der Waals surface area contributed by atoms with Crippen LogP contribution < -0.4 is 4.74 Å². The Morgan fingerprint density at radius 3 is 2.56 bits per heavy atom. The van der Waals surface area contributed by atoms with Gasteiger partial charge in [-0.15, -0.1) is 0 Å². The van der Waals surface area contributed by atoms with Gasteiger partial charge in [0.25, 0.3) is 0 Å². The number of carbonyl (C=O) groups excluding carboxylic acids is 1. The van der Waals surface area contributed by atoms with E-state index in [0.29, 0.717) is 0 Å². The smallest absolute Gasteiger partial charge is 0.235 e. The zero-order valence-electron chi connectivity index (χ0n) is 11.2. The van der Waals surface area contributed by atoms with Crippen LogP contribution in [0.1, 0.15) is 44.2 Å². The molecule has 0 heterocycles. The van der Waals surface area contributed by atoms with E-state index < -0.39 is 0 Å². The first kappa shape index (κ1) is 12.8. The molecule has 0 radical (unpaired) electrons. The van der Waals surface area contributed by atoms with E-state index in [0.717, 1.165) is 36.1 Å². The van der Waals surface area contributed by atoms with Crippen LogP contribution in [0.25, 0.3) is 0 Å². The summed E-state index contributed by atoms with van der Waals surface area (Å²) < 4.78 is 5.72. The summed E-state index contributed by atoms with van der Waals surface area (Å²) >= 11 is 0. The molecule has 2 rings (SSSR count). The first-order chi connectivity index (χ1) is 8.57. The Balaban J connectivity index is 2.31. The molecule has 0 aromatic heterocycles. The summed E-state index contributed by atoms with van der Waals surface area (Å²) in [6.45, 7) is 6.05. The molecule has 96 valence electrons. The molecule has 0 atom stereocenters. The van der Waals surface area contributed by atoms with Crippen molar-refractivity contribution in [3.8, 4) is 5.75 Å². The van der Waals surface area contributed by atoms with E-state index in [1.165, 1.54) is 0 Å². The minimum Gasteiger partial charge on any atom is -0.491 e. The van der Waals surface area contributed by atoms with Crippen LogP contribution in [0.5, 0.6) is 5.75 Å². The third-order valence-corrected chi connectivity index (χ3v) is 3.52. The summed E-state index contributed by atoms with van der Waals surface area (Å²) in [5.41, 5.74) is 1.88. The van der Waals surface area contributed by atoms with Gasteiger partial charge in [-0.1, -0.05) is 6.07 Å². The molecule has 1 aromatic carbocycles. The zero-order chi connectivity index (χ0) is 13.2. The molecule has 0 spiro atoms. The molecule has 1 aliphatic rings. The molecule has 3 heteroatoms. The molecule has 0 amide bonds. The van der Waals surface area contributed by atoms with Crippen LogP contribution in [0.4, 0.5) is 0 Å². The molecule has 0 aliphatic heterocycles. The van der Waals surface area contributed by atoms with Gasteiger partial charge in [0, 0.05) is 0 Å². The average molecular weight is 245 g/mol. The van der Waals surface area contributed by atoms with Gasteiger partial charge in [0.1, 0.15) is 5.75 Å². The summed E-state index contributed by atoms with van der Waals surface area (Å²) in [6.07, 6.45) is 4.88. The summed E-state index contributed by atoms with van der Waals surface area (Å²) in [6, 6.07) is 6.08. The van der Waals surface area contributed by atoms with Crippen LogP contribution in [0.2, 0.25) is 0 Å². The minimum absolute atomic E-state index is 0.167. The largest absolute Gasteiger partial charge is 0.491 e. The Kier molecular flexibility index (Phi) is 3.53. The summed E-state index contributed by atoms with van der Waals surface area (Å²) in [5, 5.41) is 0. The predicted molar refractivity (Wildman–Crippen MR) is 70.6 cm³/mol. The lowest BCUT2D eigenvalue weighted by molar-refractivity contribution is 0.238. The van der Waals surface area contributed by atoms with Gasteiger partial charge < -0.3 is 4.74 Å². The summed E-state index contributed by atoms with van der Waals surface area (Å²) in [4.78, 5) is 14.6. The van der Waals surface area contributed by atoms with Crippen molar-refractivity contribution < 1.29 is 9.53 Å². The third-order valence-electron chi connectivity index (χ3n) is 3.52. The highest BCUT2D eigenvalue weighted by Crippen LogP contribution is 2.45. The highest BCUT2D eigenvalue weighted by atomic mass is 16.5. The fourth-order valence-corrected chi connectivity index (χ4v) is 2.39. The molecule has 1 saturated carbocycles. The number of rotatable bonds is 4. The lowest BCUT2D eigenvalue weighted by Gasteiger charge is -2.37. The van der Waals surface area contributed by atoms with Crippen molar-refractivity contribution >= 4 is 6.08 Å². The van der Waals surface area contributed by atoms with E-state index in [9.17, 15) is 4.79 Å². The van der Waals surface area contributed by atoms with Gasteiger partial charge in [0.15, 0.2) is 0 Å². The molecular formula is C15H19NO2. The first-order valence-electron chi connectivity index (χ1n) is 6.44. The minimum atomic E-state index is -0.317. The van der Waals surface area contributed by atoms with Gasteiger partial charge in [-0.05, 0) is 63.3 Å². The van der Waals surface area contributed by atoms with Crippen molar-refractivity contribution in [2.45, 2.75) is 51.7 Å². The second-order valence-electron chi connectivity index (χ2n) is 5.24. The molecule has 0 bridgehead atoms. The standard InChI is InChI=1S/C15H19NO2/c1-11(2)18-14-6-5-13(9-12(14)3)15(16-10-17)7-4-8-15/h5-6,9,11H,4,7-8H2,1-3H3. The van der Waals surface area contributed by atoms with E-state index in [1.807, 2.05) is 32.9 Å². The average Bonchev–Trinajstić information content (AvgIpc) is 2.26. The quantitative estimate of drug-likeness (QED) is 0.601. The van der Waals surface area contributed by atoms with Crippen molar-refractivity contribution in [1.82, 2.24) is 0 Å². The Morgan fingerprint density at radius 2 is 2.11 bits per heavy atom. The number of aryl methyl sites for hydroxylation is 1. The molecule has 1 fully saturated rings. The maximum absolute atomic E-state index is 10.6. The number of hydrogen-bond donors (Lipinski definition) is 0. The molecule has 1 aromatic rings. The van der Waals surface area contributed by atoms with Crippen LogP contribution >= 0.6 is 0 Å². The first-order valence-corrected chi connectivity index (χ1v) is 6.44. The lowest BCUT2D eigenvalue weighted by atomic mass is 9.72.